The van der Waals surface area contributed by atoms with Gasteiger partial charge in [-0.25, -0.2) is 4.79 Å². The second-order valence-electron chi connectivity index (χ2n) is 1.56. The Labute approximate surface area is 68.3 Å². The van der Waals surface area contributed by atoms with Crippen molar-refractivity contribution in [3.8, 4) is 0 Å². The van der Waals surface area contributed by atoms with Gasteiger partial charge < -0.3 is 19.3 Å². The van der Waals surface area contributed by atoms with E-state index in [4.69, 9.17) is 8.85 Å². The average molecular weight is 181 g/mol. The van der Waals surface area contributed by atoms with Gasteiger partial charge in [-0.05, 0) is 6.55 Å². The van der Waals surface area contributed by atoms with Crippen molar-refractivity contribution >= 4 is 15.4 Å². The highest BCUT2D eigenvalue weighted by atomic mass is 28.3. The highest BCUT2D eigenvalue weighted by molar-refractivity contribution is 6.42. The Hall–Kier alpha value is -0.593. The topological polar surface area (TPSA) is 70.8 Å². The first-order valence-electron chi connectivity index (χ1n) is 2.97. The zero-order valence-electron chi connectivity index (χ0n) is 7.29. The van der Waals surface area contributed by atoms with E-state index < -0.39 is 15.4 Å². The molecule has 0 rings (SSSR count). The van der Waals surface area contributed by atoms with Crippen LogP contribution in [0.5, 0.6) is 0 Å². The number of carbonyl (C=O) groups is 1. The summed E-state index contributed by atoms with van der Waals surface area (Å²) < 4.78 is 13.5. The second-order valence-corrected chi connectivity index (χ2v) is 3.64. The minimum absolute atomic E-state index is 0.745. The number of primary amides is 1. The van der Waals surface area contributed by atoms with Crippen LogP contribution in [-0.2, 0) is 13.6 Å². The van der Waals surface area contributed by atoms with E-state index in [0.29, 0.717) is 0 Å². The van der Waals surface area contributed by atoms with E-state index in [9.17, 15) is 4.79 Å². The second kappa shape index (κ2) is 9.41. The molecule has 0 spiro atoms. The van der Waals surface area contributed by atoms with Crippen molar-refractivity contribution in [3.63, 3.8) is 0 Å². The fourth-order valence-corrected chi connectivity index (χ4v) is 0.289. The van der Waals surface area contributed by atoms with Crippen LogP contribution in [0.4, 0.5) is 4.79 Å². The van der Waals surface area contributed by atoms with Crippen molar-refractivity contribution in [1.82, 2.24) is 0 Å². The summed E-state index contributed by atoms with van der Waals surface area (Å²) in [5, 5.41) is 0. The zero-order valence-corrected chi connectivity index (χ0v) is 8.44. The first kappa shape index (κ1) is 13.0. The highest BCUT2D eigenvalue weighted by Gasteiger charge is 1.94. The van der Waals surface area contributed by atoms with Crippen LogP contribution >= 0.6 is 0 Å². The fraction of sp³-hybridized carbons (Fsp3) is 0.800. The van der Waals surface area contributed by atoms with E-state index in [0.717, 1.165) is 0 Å². The minimum atomic E-state index is -1.16. The molecule has 0 bridgehead atoms. The first-order valence-corrected chi connectivity index (χ1v) is 5.07. The molecule has 0 aliphatic rings. The minimum Gasteiger partial charge on any atom is -0.453 e. The lowest BCUT2D eigenvalue weighted by Crippen LogP contribution is -2.12. The molecule has 5 nitrogen and oxygen atoms in total. The largest absolute Gasteiger partial charge is 0.453 e. The quantitative estimate of drug-likeness (QED) is 0.601. The molecule has 0 aromatic carbocycles. The molecular formula is C5H15NO4Si. The number of carbonyl (C=O) groups excluding carboxylic acids is 1. The van der Waals surface area contributed by atoms with Gasteiger partial charge in [0.15, 0.2) is 0 Å². The molecule has 0 saturated heterocycles. The standard InChI is InChI=1S/C3H10O2Si.C2H5NO2/c1-4-6(3)5-2;1-5-2(3)4/h6H,1-3H3;1H3,(H2,3,4). The molecule has 0 fully saturated rings. The number of nitrogens with two attached hydrogens (primary N) is 1. The Morgan fingerprint density at radius 1 is 1.27 bits per heavy atom. The molecule has 0 radical (unpaired) electrons. The van der Waals surface area contributed by atoms with E-state index >= 15 is 0 Å². The summed E-state index contributed by atoms with van der Waals surface area (Å²) in [5.74, 6) is 0. The first-order chi connectivity index (χ1) is 5.08. The number of hydrogen-bond donors (Lipinski definition) is 1. The summed E-state index contributed by atoms with van der Waals surface area (Å²) in [7, 11) is 3.40. The Morgan fingerprint density at radius 3 is 1.55 bits per heavy atom. The van der Waals surface area contributed by atoms with Crippen molar-refractivity contribution < 1.29 is 18.4 Å². The Morgan fingerprint density at radius 2 is 1.55 bits per heavy atom. The molecule has 0 aliphatic carbocycles. The number of amides is 1. The molecule has 0 unspecified atom stereocenters. The van der Waals surface area contributed by atoms with E-state index in [2.05, 4.69) is 10.5 Å². The number of rotatable bonds is 2. The third kappa shape index (κ3) is 17.7. The predicted octanol–water partition coefficient (Wildman–Crippen LogP) is -0.159. The summed E-state index contributed by atoms with van der Waals surface area (Å²) >= 11 is 0. The highest BCUT2D eigenvalue weighted by Crippen LogP contribution is 1.77. The fourth-order valence-electron chi connectivity index (χ4n) is 0.0962. The van der Waals surface area contributed by atoms with Gasteiger partial charge in [0.1, 0.15) is 0 Å². The average Bonchev–Trinajstić information content (AvgIpc) is 2.04. The molecule has 2 N–H and O–H groups in total. The molecule has 0 heterocycles. The van der Waals surface area contributed by atoms with Crippen LogP contribution in [0, 0.1) is 0 Å². The molecule has 0 aromatic rings. The van der Waals surface area contributed by atoms with Crippen LogP contribution in [0.3, 0.4) is 0 Å². The van der Waals surface area contributed by atoms with Crippen LogP contribution < -0.4 is 5.73 Å². The van der Waals surface area contributed by atoms with Gasteiger partial charge in [0.05, 0.1) is 7.11 Å². The maximum absolute atomic E-state index is 9.37. The van der Waals surface area contributed by atoms with Gasteiger partial charge in [0.25, 0.3) is 0 Å². The summed E-state index contributed by atoms with van der Waals surface area (Å²) in [6.07, 6.45) is -0.745. The summed E-state index contributed by atoms with van der Waals surface area (Å²) in [5.41, 5.74) is 4.43. The van der Waals surface area contributed by atoms with Gasteiger partial charge in [-0.15, -0.1) is 0 Å². The van der Waals surface area contributed by atoms with Crippen molar-refractivity contribution in [3.05, 3.63) is 0 Å². The van der Waals surface area contributed by atoms with Gasteiger partial charge >= 0.3 is 15.4 Å². The van der Waals surface area contributed by atoms with Crippen molar-refractivity contribution in [2.45, 2.75) is 6.55 Å². The van der Waals surface area contributed by atoms with E-state index in [1.807, 2.05) is 6.55 Å². The lowest BCUT2D eigenvalue weighted by Gasteiger charge is -2.00. The van der Waals surface area contributed by atoms with Crippen LogP contribution in [-0.4, -0.2) is 36.7 Å². The van der Waals surface area contributed by atoms with Crippen molar-refractivity contribution in [1.29, 1.82) is 0 Å². The SMILES string of the molecule is COC(N)=O.CO[SiH](C)OC. The third-order valence-corrected chi connectivity index (χ3v) is 2.19. The maximum atomic E-state index is 9.37. The number of hydrogen-bond acceptors (Lipinski definition) is 4. The smallest absolute Gasteiger partial charge is 0.404 e. The van der Waals surface area contributed by atoms with Crippen molar-refractivity contribution in [2.24, 2.45) is 5.73 Å². The van der Waals surface area contributed by atoms with Crippen LogP contribution in [0.25, 0.3) is 0 Å². The predicted molar refractivity (Wildman–Crippen MR) is 43.6 cm³/mol. The molecule has 0 saturated carbocycles. The Balaban J connectivity index is 0. The molecule has 11 heavy (non-hydrogen) atoms. The number of ether oxygens (including phenoxy) is 1. The molecular weight excluding hydrogens is 166 g/mol. The van der Waals surface area contributed by atoms with E-state index in [-0.39, 0.29) is 0 Å². The van der Waals surface area contributed by atoms with Crippen molar-refractivity contribution in [2.75, 3.05) is 21.3 Å². The van der Waals surface area contributed by atoms with Crippen LogP contribution in [0.15, 0.2) is 0 Å². The van der Waals surface area contributed by atoms with Gasteiger partial charge in [-0.3, -0.25) is 0 Å². The van der Waals surface area contributed by atoms with Crippen LogP contribution in [0.2, 0.25) is 6.55 Å². The lowest BCUT2D eigenvalue weighted by molar-refractivity contribution is 0.182. The molecule has 0 atom stereocenters. The third-order valence-electron chi connectivity index (χ3n) is 0.865. The summed E-state index contributed by atoms with van der Waals surface area (Å²) in [6, 6.07) is 0. The molecule has 6 heteroatoms. The molecule has 68 valence electrons. The van der Waals surface area contributed by atoms with Crippen LogP contribution in [0.1, 0.15) is 0 Å². The zero-order chi connectivity index (χ0) is 9.28. The van der Waals surface area contributed by atoms with Gasteiger partial charge in [-0.2, -0.15) is 0 Å². The van der Waals surface area contributed by atoms with E-state index in [1.54, 1.807) is 14.2 Å². The maximum Gasteiger partial charge on any atom is 0.404 e. The Kier molecular flexibility index (Phi) is 11.1. The summed E-state index contributed by atoms with van der Waals surface area (Å²) in [4.78, 5) is 9.37. The molecule has 1 amide bonds. The summed E-state index contributed by atoms with van der Waals surface area (Å²) in [6.45, 7) is 1.97. The molecule has 0 aromatic heterocycles. The van der Waals surface area contributed by atoms with E-state index in [1.165, 1.54) is 7.11 Å². The Bertz CT molecular complexity index is 96.5. The monoisotopic (exact) mass is 181 g/mol. The van der Waals surface area contributed by atoms with Gasteiger partial charge in [0.2, 0.25) is 0 Å². The van der Waals surface area contributed by atoms with Gasteiger partial charge in [-0.1, -0.05) is 0 Å². The number of methoxy groups -OCH3 is 1. The lowest BCUT2D eigenvalue weighted by atomic mass is 11.3. The normalized spacial score (nSPS) is 8.45. The van der Waals surface area contributed by atoms with Gasteiger partial charge in [0, 0.05) is 14.2 Å². The molecule has 0 aliphatic heterocycles.